The van der Waals surface area contributed by atoms with Gasteiger partial charge in [0.25, 0.3) is 0 Å². The van der Waals surface area contributed by atoms with Crippen LogP contribution in [0.5, 0.6) is 11.5 Å². The molecule has 0 bridgehead atoms. The molecule has 0 spiro atoms. The molecule has 1 saturated heterocycles. The summed E-state index contributed by atoms with van der Waals surface area (Å²) in [4.78, 5) is 1.96. The van der Waals surface area contributed by atoms with Crippen LogP contribution in [-0.2, 0) is 0 Å². The first-order valence-corrected chi connectivity index (χ1v) is 6.81. The predicted molar refractivity (Wildman–Crippen MR) is 86.7 cm³/mol. The van der Waals surface area contributed by atoms with Crippen LogP contribution < -0.4 is 10.1 Å². The van der Waals surface area contributed by atoms with Gasteiger partial charge >= 0.3 is 6.36 Å². The molecule has 0 unspecified atom stereocenters. The van der Waals surface area contributed by atoms with Crippen LogP contribution in [0.15, 0.2) is 18.2 Å². The molecule has 24 heavy (non-hydrogen) atoms. The van der Waals surface area contributed by atoms with E-state index in [1.807, 2.05) is 11.0 Å². The number of piperazine rings is 1. The first-order valence-electron chi connectivity index (χ1n) is 6.81. The molecule has 0 radical (unpaired) electrons. The van der Waals surface area contributed by atoms with Crippen molar-refractivity contribution in [1.29, 1.82) is 5.26 Å². The molecule has 5 nitrogen and oxygen atoms in total. The van der Waals surface area contributed by atoms with E-state index >= 15 is 0 Å². The van der Waals surface area contributed by atoms with Crippen molar-refractivity contribution in [2.24, 2.45) is 0 Å². The van der Waals surface area contributed by atoms with Gasteiger partial charge in [-0.1, -0.05) is 0 Å². The van der Waals surface area contributed by atoms with E-state index in [0.29, 0.717) is 13.1 Å². The lowest BCUT2D eigenvalue weighted by molar-refractivity contribution is -0.274. The van der Waals surface area contributed by atoms with E-state index < -0.39 is 18.2 Å². The summed E-state index contributed by atoms with van der Waals surface area (Å²) in [5, 5.41) is 22.1. The second-order valence-electron chi connectivity index (χ2n) is 4.93. The van der Waals surface area contributed by atoms with E-state index in [2.05, 4.69) is 10.1 Å². The Morgan fingerprint density at radius 3 is 2.46 bits per heavy atom. The van der Waals surface area contributed by atoms with Crippen LogP contribution in [0.3, 0.4) is 0 Å². The van der Waals surface area contributed by atoms with E-state index in [4.69, 9.17) is 5.26 Å². The average Bonchev–Trinajstić information content (AvgIpc) is 2.46. The molecule has 0 aromatic heterocycles. The number of benzene rings is 1. The van der Waals surface area contributed by atoms with Crippen molar-refractivity contribution >= 4 is 24.8 Å². The minimum atomic E-state index is -4.80. The van der Waals surface area contributed by atoms with Crippen molar-refractivity contribution in [2.75, 3.05) is 26.2 Å². The number of hydrogen-bond acceptors (Lipinski definition) is 5. The Labute approximate surface area is 150 Å². The van der Waals surface area contributed by atoms with Gasteiger partial charge in [0.05, 0.1) is 18.5 Å². The predicted octanol–water partition coefficient (Wildman–Crippen LogP) is 2.99. The van der Waals surface area contributed by atoms with Crippen LogP contribution in [-0.4, -0.2) is 42.5 Å². The van der Waals surface area contributed by atoms with Crippen molar-refractivity contribution < 1.29 is 23.0 Å². The van der Waals surface area contributed by atoms with Crippen LogP contribution in [0.4, 0.5) is 13.2 Å². The highest BCUT2D eigenvalue weighted by Crippen LogP contribution is 2.35. The van der Waals surface area contributed by atoms with Gasteiger partial charge in [0.15, 0.2) is 0 Å². The molecule has 1 aromatic carbocycles. The summed E-state index contributed by atoms with van der Waals surface area (Å²) in [5.74, 6) is -0.549. The zero-order chi connectivity index (χ0) is 16.2. The number of aromatic hydroxyl groups is 1. The molecule has 0 aliphatic carbocycles. The maximum Gasteiger partial charge on any atom is 0.573 e. The summed E-state index contributed by atoms with van der Waals surface area (Å²) in [6, 6.07) is 4.90. The first-order chi connectivity index (χ1) is 10.4. The molecule has 136 valence electrons. The highest BCUT2D eigenvalue weighted by molar-refractivity contribution is 5.85. The van der Waals surface area contributed by atoms with Gasteiger partial charge < -0.3 is 15.2 Å². The van der Waals surface area contributed by atoms with Gasteiger partial charge in [-0.05, 0) is 18.2 Å². The summed E-state index contributed by atoms with van der Waals surface area (Å²) < 4.78 is 40.9. The van der Waals surface area contributed by atoms with Gasteiger partial charge in [-0.3, -0.25) is 4.90 Å². The number of nitriles is 1. The van der Waals surface area contributed by atoms with Crippen molar-refractivity contribution in [2.45, 2.75) is 18.8 Å². The molecule has 10 heteroatoms. The van der Waals surface area contributed by atoms with Crippen molar-refractivity contribution in [3.05, 3.63) is 23.8 Å². The van der Waals surface area contributed by atoms with Gasteiger partial charge in [-0.25, -0.2) is 0 Å². The topological polar surface area (TPSA) is 68.5 Å². The van der Waals surface area contributed by atoms with Crippen LogP contribution in [0, 0.1) is 11.3 Å². The Kier molecular flexibility index (Phi) is 9.22. The van der Waals surface area contributed by atoms with Crippen LogP contribution >= 0.6 is 24.8 Å². The lowest BCUT2D eigenvalue weighted by Crippen LogP contribution is -2.45. The highest BCUT2D eigenvalue weighted by Gasteiger charge is 2.32. The van der Waals surface area contributed by atoms with Gasteiger partial charge in [0, 0.05) is 31.7 Å². The standard InChI is InChI=1S/C14H16F3N3O2.2ClH/c15-14(16,17)22-10-1-2-13(21)11(9-10)12(3-4-18)20-7-5-19-6-8-20;;/h1-2,9,12,19,21H,3,5-8H2;2*1H/t12-;;/m0../s1. The fourth-order valence-corrected chi connectivity index (χ4v) is 2.51. The minimum absolute atomic E-state index is 0. The smallest absolute Gasteiger partial charge is 0.508 e. The fraction of sp³-hybridized carbons (Fsp3) is 0.500. The first kappa shape index (κ1) is 22.6. The lowest BCUT2D eigenvalue weighted by Gasteiger charge is -2.34. The summed E-state index contributed by atoms with van der Waals surface area (Å²) in [5.41, 5.74) is 0.269. The molecule has 1 aromatic rings. The molecule has 1 aliphatic rings. The Morgan fingerprint density at radius 2 is 1.92 bits per heavy atom. The average molecular weight is 388 g/mol. The number of alkyl halides is 3. The summed E-state index contributed by atoms with van der Waals surface area (Å²) in [6.45, 7) is 2.75. The molecule has 0 saturated carbocycles. The zero-order valence-electron chi connectivity index (χ0n) is 12.5. The van der Waals surface area contributed by atoms with Gasteiger partial charge in [0.1, 0.15) is 11.5 Å². The number of nitrogens with one attached hydrogen (secondary N) is 1. The largest absolute Gasteiger partial charge is 0.573 e. The number of halogens is 5. The van der Waals surface area contributed by atoms with Gasteiger partial charge in [0.2, 0.25) is 0 Å². The van der Waals surface area contributed by atoms with Crippen LogP contribution in [0.25, 0.3) is 0 Å². The minimum Gasteiger partial charge on any atom is -0.508 e. The zero-order valence-corrected chi connectivity index (χ0v) is 14.2. The number of rotatable bonds is 4. The number of hydrogen-bond donors (Lipinski definition) is 2. The lowest BCUT2D eigenvalue weighted by atomic mass is 10.0. The summed E-state index contributed by atoms with van der Waals surface area (Å²) in [6.07, 6.45) is -4.73. The third-order valence-electron chi connectivity index (χ3n) is 3.47. The Hall–Kier alpha value is -1.40. The van der Waals surface area contributed by atoms with Gasteiger partial charge in [-0.2, -0.15) is 5.26 Å². The van der Waals surface area contributed by atoms with Crippen molar-refractivity contribution in [3.8, 4) is 17.6 Å². The fourth-order valence-electron chi connectivity index (χ4n) is 2.51. The summed E-state index contributed by atoms with van der Waals surface area (Å²) >= 11 is 0. The third-order valence-corrected chi connectivity index (χ3v) is 3.47. The van der Waals surface area contributed by atoms with Crippen molar-refractivity contribution in [1.82, 2.24) is 10.2 Å². The monoisotopic (exact) mass is 387 g/mol. The molecular weight excluding hydrogens is 370 g/mol. The van der Waals surface area contributed by atoms with Crippen LogP contribution in [0.2, 0.25) is 0 Å². The Balaban J connectivity index is 0.00000264. The second kappa shape index (κ2) is 9.79. The van der Waals surface area contributed by atoms with Crippen LogP contribution in [0.1, 0.15) is 18.0 Å². The Morgan fingerprint density at radius 1 is 1.29 bits per heavy atom. The van der Waals surface area contributed by atoms with Gasteiger partial charge in [-0.15, -0.1) is 38.0 Å². The SMILES string of the molecule is Cl.Cl.N#CC[C@@H](c1cc(OC(F)(F)F)ccc1O)N1CCNCC1. The van der Waals surface area contributed by atoms with E-state index in [1.54, 1.807) is 0 Å². The van der Waals surface area contributed by atoms with E-state index in [9.17, 15) is 18.3 Å². The molecule has 1 heterocycles. The molecule has 1 atom stereocenters. The third kappa shape index (κ3) is 6.24. The maximum absolute atomic E-state index is 12.3. The summed E-state index contributed by atoms with van der Waals surface area (Å²) in [7, 11) is 0. The Bertz CT molecular complexity index is 561. The molecule has 0 amide bonds. The molecule has 2 rings (SSSR count). The molecule has 2 N–H and O–H groups in total. The molecular formula is C14H18Cl2F3N3O2. The van der Waals surface area contributed by atoms with E-state index in [1.165, 1.54) is 0 Å². The highest BCUT2D eigenvalue weighted by atomic mass is 35.5. The quantitative estimate of drug-likeness (QED) is 0.830. The normalized spacial score (nSPS) is 16.2. The number of phenols is 1. The number of phenolic OH excluding ortho intramolecular Hbond substituents is 1. The van der Waals surface area contributed by atoms with Crippen molar-refractivity contribution in [3.63, 3.8) is 0 Å². The molecule has 1 fully saturated rings. The van der Waals surface area contributed by atoms with E-state index in [0.717, 1.165) is 31.3 Å². The van der Waals surface area contributed by atoms with E-state index in [-0.39, 0.29) is 42.5 Å². The second-order valence-corrected chi connectivity index (χ2v) is 4.93. The number of ether oxygens (including phenoxy) is 1. The molecule has 1 aliphatic heterocycles. The maximum atomic E-state index is 12.3. The number of nitrogens with zero attached hydrogens (tertiary/aromatic N) is 2.